The lowest BCUT2D eigenvalue weighted by Gasteiger charge is -2.10. The maximum atomic E-state index is 12.2. The van der Waals surface area contributed by atoms with Crippen LogP contribution < -0.4 is 10.1 Å². The molecule has 3 aromatic rings. The molecule has 3 rings (SSSR count). The molecule has 1 heterocycles. The molecule has 1 N–H and O–H groups in total. The lowest BCUT2D eigenvalue weighted by Crippen LogP contribution is -2.09. The third kappa shape index (κ3) is 5.07. The van der Waals surface area contributed by atoms with Crippen molar-refractivity contribution in [2.24, 2.45) is 0 Å². The van der Waals surface area contributed by atoms with Crippen molar-refractivity contribution >= 4 is 17.7 Å². The van der Waals surface area contributed by atoms with Crippen LogP contribution in [0, 0.1) is 6.92 Å². The number of hydrogen-bond acceptors (Lipinski definition) is 3. The van der Waals surface area contributed by atoms with Crippen molar-refractivity contribution in [1.82, 2.24) is 9.78 Å². The number of carbonyl (C=O) groups is 1. The lowest BCUT2D eigenvalue weighted by molar-refractivity contribution is -0.111. The van der Waals surface area contributed by atoms with Gasteiger partial charge in [-0.2, -0.15) is 5.10 Å². The van der Waals surface area contributed by atoms with Gasteiger partial charge in [-0.1, -0.05) is 25.1 Å². The summed E-state index contributed by atoms with van der Waals surface area (Å²) < 4.78 is 7.38. The first kappa shape index (κ1) is 18.5. The molecular formula is C22H23N3O2. The van der Waals surface area contributed by atoms with Gasteiger partial charge in [0.25, 0.3) is 0 Å². The summed E-state index contributed by atoms with van der Waals surface area (Å²) in [6.07, 6.45) is 7.82. The average Bonchev–Trinajstić information content (AvgIpc) is 3.16. The minimum absolute atomic E-state index is 0.187. The molecule has 0 spiro atoms. The Labute approximate surface area is 159 Å². The summed E-state index contributed by atoms with van der Waals surface area (Å²) in [5, 5.41) is 7.21. The largest absolute Gasteiger partial charge is 0.494 e. The quantitative estimate of drug-likeness (QED) is 0.625. The number of aromatic nitrogens is 2. The SMILES string of the molecule is CCCOc1ccc(NC(=O)/C=C/c2cnn(-c3ccccc3)c2)c(C)c1. The number of benzene rings is 2. The molecule has 138 valence electrons. The van der Waals surface area contributed by atoms with Crippen LogP contribution in [-0.2, 0) is 4.79 Å². The Balaban J connectivity index is 1.62. The summed E-state index contributed by atoms with van der Waals surface area (Å²) in [5.74, 6) is 0.629. The third-order valence-electron chi connectivity index (χ3n) is 3.98. The summed E-state index contributed by atoms with van der Waals surface area (Å²) in [4.78, 5) is 12.2. The fourth-order valence-corrected chi connectivity index (χ4v) is 2.58. The molecule has 27 heavy (non-hydrogen) atoms. The minimum atomic E-state index is -0.187. The third-order valence-corrected chi connectivity index (χ3v) is 3.98. The van der Waals surface area contributed by atoms with Crippen molar-refractivity contribution in [1.29, 1.82) is 0 Å². The molecule has 0 aliphatic heterocycles. The van der Waals surface area contributed by atoms with E-state index in [1.54, 1.807) is 17.0 Å². The normalized spacial score (nSPS) is 10.9. The van der Waals surface area contributed by atoms with Gasteiger partial charge in [-0.3, -0.25) is 4.79 Å². The highest BCUT2D eigenvalue weighted by molar-refractivity contribution is 6.02. The number of nitrogens with one attached hydrogen (secondary N) is 1. The van der Waals surface area contributed by atoms with Crippen molar-refractivity contribution < 1.29 is 9.53 Å². The first-order valence-electron chi connectivity index (χ1n) is 8.98. The van der Waals surface area contributed by atoms with Gasteiger partial charge in [-0.25, -0.2) is 4.68 Å². The Morgan fingerprint density at radius 1 is 1.22 bits per heavy atom. The van der Waals surface area contributed by atoms with Crippen LogP contribution in [0.25, 0.3) is 11.8 Å². The van der Waals surface area contributed by atoms with Crippen LogP contribution in [0.1, 0.15) is 24.5 Å². The Kier molecular flexibility index (Phi) is 6.05. The number of aryl methyl sites for hydroxylation is 1. The summed E-state index contributed by atoms with van der Waals surface area (Å²) in [7, 11) is 0. The van der Waals surface area contributed by atoms with E-state index >= 15 is 0 Å². The van der Waals surface area contributed by atoms with Crippen molar-refractivity contribution in [3.05, 3.63) is 78.1 Å². The summed E-state index contributed by atoms with van der Waals surface area (Å²) in [5.41, 5.74) is 3.56. The van der Waals surface area contributed by atoms with Crippen LogP contribution in [-0.4, -0.2) is 22.3 Å². The first-order chi connectivity index (χ1) is 13.2. The second kappa shape index (κ2) is 8.85. The highest BCUT2D eigenvalue weighted by atomic mass is 16.5. The zero-order valence-electron chi connectivity index (χ0n) is 15.6. The van der Waals surface area contributed by atoms with E-state index in [4.69, 9.17) is 4.74 Å². The van der Waals surface area contributed by atoms with E-state index in [9.17, 15) is 4.79 Å². The number of hydrogen-bond donors (Lipinski definition) is 1. The molecule has 0 aliphatic carbocycles. The first-order valence-corrected chi connectivity index (χ1v) is 8.98. The van der Waals surface area contributed by atoms with Crippen molar-refractivity contribution in [3.8, 4) is 11.4 Å². The Bertz CT molecular complexity index is 930. The number of carbonyl (C=O) groups excluding carboxylic acids is 1. The molecule has 0 fully saturated rings. The summed E-state index contributed by atoms with van der Waals surface area (Å²) in [6.45, 7) is 4.70. The average molecular weight is 361 g/mol. The Hall–Kier alpha value is -3.34. The number of para-hydroxylation sites is 1. The van der Waals surface area contributed by atoms with Crippen LogP contribution in [0.15, 0.2) is 67.0 Å². The maximum Gasteiger partial charge on any atom is 0.248 e. The van der Waals surface area contributed by atoms with Gasteiger partial charge in [0.2, 0.25) is 5.91 Å². The molecule has 1 amide bonds. The second-order valence-electron chi connectivity index (χ2n) is 6.20. The molecule has 0 saturated heterocycles. The van der Waals surface area contributed by atoms with Gasteiger partial charge in [0.05, 0.1) is 18.5 Å². The number of amides is 1. The zero-order chi connectivity index (χ0) is 19.1. The van der Waals surface area contributed by atoms with Gasteiger partial charge >= 0.3 is 0 Å². The molecule has 2 aromatic carbocycles. The molecular weight excluding hydrogens is 338 g/mol. The monoisotopic (exact) mass is 361 g/mol. The molecule has 0 bridgehead atoms. The van der Waals surface area contributed by atoms with Crippen LogP contribution >= 0.6 is 0 Å². The van der Waals surface area contributed by atoms with Gasteiger partial charge < -0.3 is 10.1 Å². The van der Waals surface area contributed by atoms with E-state index in [0.717, 1.165) is 34.7 Å². The van der Waals surface area contributed by atoms with E-state index in [1.807, 2.05) is 61.7 Å². The van der Waals surface area contributed by atoms with Gasteiger partial charge in [-0.15, -0.1) is 0 Å². The van der Waals surface area contributed by atoms with E-state index in [2.05, 4.69) is 17.3 Å². The van der Waals surface area contributed by atoms with E-state index in [0.29, 0.717) is 6.61 Å². The molecule has 5 heteroatoms. The standard InChI is InChI=1S/C22H23N3O2/c1-3-13-27-20-10-11-21(17(2)14-20)24-22(26)12-9-18-15-23-25(16-18)19-7-5-4-6-8-19/h4-12,14-16H,3,13H2,1-2H3,(H,24,26)/b12-9+. The topological polar surface area (TPSA) is 56.1 Å². The highest BCUT2D eigenvalue weighted by Crippen LogP contribution is 2.21. The van der Waals surface area contributed by atoms with Crippen LogP contribution in [0.2, 0.25) is 0 Å². The number of ether oxygens (including phenoxy) is 1. The van der Waals surface area contributed by atoms with Crippen LogP contribution in [0.4, 0.5) is 5.69 Å². The summed E-state index contributed by atoms with van der Waals surface area (Å²) in [6, 6.07) is 15.5. The molecule has 5 nitrogen and oxygen atoms in total. The van der Waals surface area contributed by atoms with Gasteiger partial charge in [-0.05, 0) is 55.3 Å². The second-order valence-corrected chi connectivity index (χ2v) is 6.20. The smallest absolute Gasteiger partial charge is 0.248 e. The van der Waals surface area contributed by atoms with Crippen molar-refractivity contribution in [2.75, 3.05) is 11.9 Å². The molecule has 0 unspecified atom stereocenters. The van der Waals surface area contributed by atoms with Gasteiger partial charge in [0.1, 0.15) is 5.75 Å². The predicted molar refractivity (Wildman–Crippen MR) is 108 cm³/mol. The Morgan fingerprint density at radius 2 is 2.04 bits per heavy atom. The van der Waals surface area contributed by atoms with Crippen molar-refractivity contribution in [3.63, 3.8) is 0 Å². The van der Waals surface area contributed by atoms with E-state index < -0.39 is 0 Å². The maximum absolute atomic E-state index is 12.2. The number of anilines is 1. The minimum Gasteiger partial charge on any atom is -0.494 e. The molecule has 0 aliphatic rings. The fourth-order valence-electron chi connectivity index (χ4n) is 2.58. The van der Waals surface area contributed by atoms with Crippen LogP contribution in [0.5, 0.6) is 5.75 Å². The number of nitrogens with zero attached hydrogens (tertiary/aromatic N) is 2. The Morgan fingerprint density at radius 3 is 2.78 bits per heavy atom. The summed E-state index contributed by atoms with van der Waals surface area (Å²) >= 11 is 0. The highest BCUT2D eigenvalue weighted by Gasteiger charge is 2.04. The molecule has 0 radical (unpaired) electrons. The van der Waals surface area contributed by atoms with Crippen LogP contribution in [0.3, 0.4) is 0 Å². The predicted octanol–water partition coefficient (Wildman–Crippen LogP) is 4.62. The molecule has 0 saturated carbocycles. The fraction of sp³-hybridized carbons (Fsp3) is 0.182. The van der Waals surface area contributed by atoms with Gasteiger partial charge in [0.15, 0.2) is 0 Å². The zero-order valence-corrected chi connectivity index (χ0v) is 15.6. The van der Waals surface area contributed by atoms with Gasteiger partial charge in [0, 0.05) is 23.5 Å². The number of rotatable bonds is 7. The van der Waals surface area contributed by atoms with E-state index in [1.165, 1.54) is 6.08 Å². The van der Waals surface area contributed by atoms with Crippen molar-refractivity contribution in [2.45, 2.75) is 20.3 Å². The molecule has 0 atom stereocenters. The molecule has 1 aromatic heterocycles. The van der Waals surface area contributed by atoms with E-state index in [-0.39, 0.29) is 5.91 Å². The lowest BCUT2D eigenvalue weighted by atomic mass is 10.2.